The highest BCUT2D eigenvalue weighted by atomic mass is 32.2. The van der Waals surface area contributed by atoms with Gasteiger partial charge in [0.15, 0.2) is 0 Å². The topological polar surface area (TPSA) is 40.9 Å². The quantitative estimate of drug-likeness (QED) is 0.840. The number of nitrogens with zero attached hydrogens (tertiary/aromatic N) is 1. The average Bonchev–Trinajstić information content (AvgIpc) is 2.47. The van der Waals surface area contributed by atoms with E-state index in [-0.39, 0.29) is 17.0 Å². The summed E-state index contributed by atoms with van der Waals surface area (Å²) in [6.07, 6.45) is 4.99. The van der Waals surface area contributed by atoms with Gasteiger partial charge in [0.25, 0.3) is 0 Å². The van der Waals surface area contributed by atoms with Crippen LogP contribution in [0.15, 0.2) is 29.2 Å². The number of benzene rings is 1. The van der Waals surface area contributed by atoms with Gasteiger partial charge in [0.05, 0.1) is 28.0 Å². The zero-order valence-corrected chi connectivity index (χ0v) is 12.5. The fraction of sp³-hybridized carbons (Fsp3) is 0.562. The first kappa shape index (κ1) is 15.2. The molecule has 0 amide bonds. The second-order valence-corrected chi connectivity index (χ2v) is 7.16. The van der Waals surface area contributed by atoms with E-state index in [0.717, 1.165) is 32.1 Å². The molecule has 2 rings (SSSR count). The van der Waals surface area contributed by atoms with Gasteiger partial charge in [-0.25, -0.2) is 4.39 Å². The van der Waals surface area contributed by atoms with Crippen molar-refractivity contribution in [3.8, 4) is 6.07 Å². The van der Waals surface area contributed by atoms with E-state index in [2.05, 4.69) is 13.0 Å². The van der Waals surface area contributed by atoms with E-state index >= 15 is 0 Å². The maximum absolute atomic E-state index is 12.9. The first-order valence-electron chi connectivity index (χ1n) is 7.21. The Morgan fingerprint density at radius 2 is 2.05 bits per heavy atom. The lowest BCUT2D eigenvalue weighted by Crippen LogP contribution is -2.32. The molecule has 0 radical (unpaired) electrons. The van der Waals surface area contributed by atoms with E-state index in [4.69, 9.17) is 0 Å². The Morgan fingerprint density at radius 3 is 2.65 bits per heavy atom. The Kier molecular flexibility index (Phi) is 5.31. The third-order valence-corrected chi connectivity index (χ3v) is 5.89. The van der Waals surface area contributed by atoms with E-state index < -0.39 is 10.8 Å². The van der Waals surface area contributed by atoms with Gasteiger partial charge in [0, 0.05) is 4.90 Å². The molecule has 1 aromatic rings. The second-order valence-electron chi connectivity index (χ2n) is 5.49. The summed E-state index contributed by atoms with van der Waals surface area (Å²) in [7, 11) is -1.22. The van der Waals surface area contributed by atoms with Crippen molar-refractivity contribution in [1.29, 1.82) is 5.26 Å². The summed E-state index contributed by atoms with van der Waals surface area (Å²) in [5.74, 6) is 0.100. The normalized spacial score (nSPS) is 27.8. The minimum absolute atomic E-state index is 0.115. The van der Waals surface area contributed by atoms with Crippen LogP contribution < -0.4 is 0 Å². The largest absolute Gasteiger partial charge is 0.254 e. The summed E-state index contributed by atoms with van der Waals surface area (Å²) in [5.41, 5.74) is 0. The van der Waals surface area contributed by atoms with Crippen LogP contribution in [0, 0.1) is 29.0 Å². The molecule has 0 heterocycles. The Bertz CT molecular complexity index is 508. The van der Waals surface area contributed by atoms with Crippen molar-refractivity contribution in [1.82, 2.24) is 0 Å². The minimum Gasteiger partial charge on any atom is -0.254 e. The van der Waals surface area contributed by atoms with Crippen LogP contribution in [0.1, 0.15) is 39.0 Å². The molecule has 108 valence electrons. The van der Waals surface area contributed by atoms with Crippen molar-refractivity contribution < 1.29 is 8.60 Å². The Labute approximate surface area is 122 Å². The Balaban J connectivity index is 2.16. The van der Waals surface area contributed by atoms with Gasteiger partial charge >= 0.3 is 0 Å². The summed E-state index contributed by atoms with van der Waals surface area (Å²) < 4.78 is 25.6. The third-order valence-electron chi connectivity index (χ3n) is 4.08. The molecular weight excluding hydrogens is 273 g/mol. The summed E-state index contributed by atoms with van der Waals surface area (Å²) in [6, 6.07) is 8.13. The fourth-order valence-corrected chi connectivity index (χ4v) is 4.71. The molecule has 0 N–H and O–H groups in total. The van der Waals surface area contributed by atoms with Gasteiger partial charge in [-0.1, -0.05) is 19.8 Å². The first-order chi connectivity index (χ1) is 9.65. The smallest absolute Gasteiger partial charge is 0.123 e. The van der Waals surface area contributed by atoms with E-state index in [1.165, 1.54) is 12.1 Å². The fourth-order valence-electron chi connectivity index (χ4n) is 3.01. The molecule has 0 bridgehead atoms. The van der Waals surface area contributed by atoms with Crippen LogP contribution in [0.5, 0.6) is 0 Å². The van der Waals surface area contributed by atoms with Gasteiger partial charge in [-0.15, -0.1) is 0 Å². The van der Waals surface area contributed by atoms with Crippen LogP contribution in [-0.4, -0.2) is 9.46 Å². The van der Waals surface area contributed by atoms with Crippen LogP contribution in [0.25, 0.3) is 0 Å². The number of hydrogen-bond acceptors (Lipinski definition) is 2. The highest BCUT2D eigenvalue weighted by molar-refractivity contribution is 7.85. The molecule has 4 heteroatoms. The molecule has 1 aliphatic rings. The first-order valence-corrected chi connectivity index (χ1v) is 8.42. The molecular formula is C16H20FNOS. The van der Waals surface area contributed by atoms with E-state index in [1.807, 2.05) is 0 Å². The van der Waals surface area contributed by atoms with Crippen molar-refractivity contribution in [3.05, 3.63) is 30.1 Å². The molecule has 2 nitrogen and oxygen atoms in total. The van der Waals surface area contributed by atoms with E-state index in [1.54, 1.807) is 12.1 Å². The number of nitriles is 1. The Morgan fingerprint density at radius 1 is 1.35 bits per heavy atom. The standard InChI is InChI=1S/C16H20FNOS/c1-2-3-12-4-5-13(11-18)16(10-12)20(19)15-8-6-14(17)7-9-15/h6-9,12-13,16H,2-5,10H2,1H3. The number of rotatable bonds is 4. The number of hydrogen-bond donors (Lipinski definition) is 0. The van der Waals surface area contributed by atoms with Crippen molar-refractivity contribution >= 4 is 10.8 Å². The SMILES string of the molecule is CCCC1CCC(C#N)C(S(=O)c2ccc(F)cc2)C1. The maximum Gasteiger partial charge on any atom is 0.123 e. The third kappa shape index (κ3) is 3.46. The van der Waals surface area contributed by atoms with Gasteiger partial charge in [0.1, 0.15) is 5.82 Å². The molecule has 4 unspecified atom stereocenters. The lowest BCUT2D eigenvalue weighted by molar-refractivity contribution is 0.303. The van der Waals surface area contributed by atoms with Crippen LogP contribution >= 0.6 is 0 Å². The van der Waals surface area contributed by atoms with Gasteiger partial charge in [-0.3, -0.25) is 4.21 Å². The Hall–Kier alpha value is -1.21. The highest BCUT2D eigenvalue weighted by Crippen LogP contribution is 2.36. The molecule has 1 aliphatic carbocycles. The molecule has 0 saturated heterocycles. The van der Waals surface area contributed by atoms with Gasteiger partial charge in [-0.2, -0.15) is 5.26 Å². The lowest BCUT2D eigenvalue weighted by Gasteiger charge is -2.32. The van der Waals surface area contributed by atoms with Gasteiger partial charge in [-0.05, 0) is 49.4 Å². The van der Waals surface area contributed by atoms with Crippen LogP contribution in [0.4, 0.5) is 4.39 Å². The molecule has 20 heavy (non-hydrogen) atoms. The predicted octanol–water partition coefficient (Wildman–Crippen LogP) is 4.04. The minimum atomic E-state index is -1.22. The predicted molar refractivity (Wildman–Crippen MR) is 77.9 cm³/mol. The van der Waals surface area contributed by atoms with Crippen molar-refractivity contribution in [2.45, 2.75) is 49.2 Å². The van der Waals surface area contributed by atoms with Crippen molar-refractivity contribution in [3.63, 3.8) is 0 Å². The van der Waals surface area contributed by atoms with E-state index in [0.29, 0.717) is 10.8 Å². The highest BCUT2D eigenvalue weighted by Gasteiger charge is 2.34. The van der Waals surface area contributed by atoms with E-state index in [9.17, 15) is 13.9 Å². The van der Waals surface area contributed by atoms with Gasteiger partial charge in [0.2, 0.25) is 0 Å². The summed E-state index contributed by atoms with van der Waals surface area (Å²) >= 11 is 0. The lowest BCUT2D eigenvalue weighted by atomic mass is 9.80. The summed E-state index contributed by atoms with van der Waals surface area (Å²) in [5, 5.41) is 9.16. The average molecular weight is 293 g/mol. The number of halogens is 1. The van der Waals surface area contributed by atoms with Gasteiger partial charge < -0.3 is 0 Å². The molecule has 1 aromatic carbocycles. The van der Waals surface area contributed by atoms with Crippen molar-refractivity contribution in [2.75, 3.05) is 0 Å². The zero-order valence-electron chi connectivity index (χ0n) is 11.7. The molecule has 0 aromatic heterocycles. The van der Waals surface area contributed by atoms with Crippen LogP contribution in [0.3, 0.4) is 0 Å². The molecule has 1 saturated carbocycles. The van der Waals surface area contributed by atoms with Crippen LogP contribution in [0.2, 0.25) is 0 Å². The second kappa shape index (κ2) is 6.99. The molecule has 4 atom stereocenters. The maximum atomic E-state index is 12.9. The van der Waals surface area contributed by atoms with Crippen LogP contribution in [-0.2, 0) is 10.8 Å². The summed E-state index contributed by atoms with van der Waals surface area (Å²) in [6.45, 7) is 2.16. The zero-order chi connectivity index (χ0) is 14.5. The monoisotopic (exact) mass is 293 g/mol. The summed E-state index contributed by atoms with van der Waals surface area (Å²) in [4.78, 5) is 0.633. The molecule has 0 spiro atoms. The molecule has 0 aliphatic heterocycles. The molecule has 1 fully saturated rings. The van der Waals surface area contributed by atoms with Crippen molar-refractivity contribution in [2.24, 2.45) is 11.8 Å².